The molecule has 0 aliphatic heterocycles. The predicted molar refractivity (Wildman–Crippen MR) is 54.0 cm³/mol. The van der Waals surface area contributed by atoms with Crippen LogP contribution in [0.4, 0.5) is 4.79 Å². The van der Waals surface area contributed by atoms with E-state index in [0.29, 0.717) is 0 Å². The monoisotopic (exact) mass is 187 g/mol. The molecule has 0 aromatic heterocycles. The Labute approximate surface area is 80.2 Å². The van der Waals surface area contributed by atoms with Crippen molar-refractivity contribution in [3.8, 4) is 0 Å². The Balaban J connectivity index is 3.40. The van der Waals surface area contributed by atoms with Crippen LogP contribution in [0.25, 0.3) is 0 Å². The average Bonchev–Trinajstić information content (AvgIpc) is 2.03. The predicted octanol–water partition coefficient (Wildman–Crippen LogP) is 1.37. The van der Waals surface area contributed by atoms with Gasteiger partial charge in [-0.2, -0.15) is 0 Å². The molecule has 0 aliphatic rings. The molecular weight excluding hydrogens is 166 g/mol. The Kier molecular flexibility index (Phi) is 6.32. The summed E-state index contributed by atoms with van der Waals surface area (Å²) in [7, 11) is 0. The van der Waals surface area contributed by atoms with Crippen LogP contribution in [0.15, 0.2) is 0 Å². The molecule has 0 aromatic rings. The van der Waals surface area contributed by atoms with E-state index in [9.17, 15) is 4.79 Å². The van der Waals surface area contributed by atoms with Gasteiger partial charge in [-0.3, -0.25) is 5.43 Å². The Morgan fingerprint density at radius 3 is 2.38 bits per heavy atom. The number of urea groups is 1. The van der Waals surface area contributed by atoms with Crippen molar-refractivity contribution >= 4 is 6.03 Å². The molecule has 4 nitrogen and oxygen atoms in total. The highest BCUT2D eigenvalue weighted by molar-refractivity contribution is 5.73. The largest absolute Gasteiger partial charge is 0.335 e. The number of nitrogens with one attached hydrogen (secondary N) is 2. The second-order valence-corrected chi connectivity index (χ2v) is 3.84. The third-order valence-electron chi connectivity index (χ3n) is 1.93. The van der Waals surface area contributed by atoms with Gasteiger partial charge in [0.1, 0.15) is 0 Å². The van der Waals surface area contributed by atoms with Crippen LogP contribution in [0.1, 0.15) is 40.0 Å². The third kappa shape index (κ3) is 7.59. The molecule has 0 radical (unpaired) electrons. The van der Waals surface area contributed by atoms with Gasteiger partial charge in [0.05, 0.1) is 0 Å². The summed E-state index contributed by atoms with van der Waals surface area (Å²) in [6.45, 7) is 6.38. The zero-order valence-electron chi connectivity index (χ0n) is 8.76. The van der Waals surface area contributed by atoms with Crippen LogP contribution < -0.4 is 16.6 Å². The van der Waals surface area contributed by atoms with Gasteiger partial charge in [0, 0.05) is 6.04 Å². The van der Waals surface area contributed by atoms with Gasteiger partial charge < -0.3 is 5.32 Å². The molecule has 78 valence electrons. The van der Waals surface area contributed by atoms with Crippen molar-refractivity contribution in [2.45, 2.75) is 46.1 Å². The first-order chi connectivity index (χ1) is 6.06. The summed E-state index contributed by atoms with van der Waals surface area (Å²) >= 11 is 0. The molecule has 13 heavy (non-hydrogen) atoms. The van der Waals surface area contributed by atoms with E-state index in [1.165, 1.54) is 6.42 Å². The van der Waals surface area contributed by atoms with Gasteiger partial charge in [-0.25, -0.2) is 10.6 Å². The minimum atomic E-state index is -0.308. The second-order valence-electron chi connectivity index (χ2n) is 3.84. The van der Waals surface area contributed by atoms with Crippen molar-refractivity contribution < 1.29 is 4.79 Å². The minimum absolute atomic E-state index is 0.197. The maximum absolute atomic E-state index is 10.8. The van der Waals surface area contributed by atoms with Crippen LogP contribution in [0.5, 0.6) is 0 Å². The van der Waals surface area contributed by atoms with Gasteiger partial charge in [0.25, 0.3) is 0 Å². The summed E-state index contributed by atoms with van der Waals surface area (Å²) < 4.78 is 0. The van der Waals surface area contributed by atoms with Crippen molar-refractivity contribution in [3.05, 3.63) is 0 Å². The Morgan fingerprint density at radius 2 is 1.92 bits per heavy atom. The molecule has 0 aliphatic carbocycles. The first kappa shape index (κ1) is 12.2. The summed E-state index contributed by atoms with van der Waals surface area (Å²) in [5.41, 5.74) is 2.05. The molecular formula is C9H21N3O. The lowest BCUT2D eigenvalue weighted by Gasteiger charge is -2.13. The molecule has 1 atom stereocenters. The number of carbonyl (C=O) groups is 1. The highest BCUT2D eigenvalue weighted by Crippen LogP contribution is 2.07. The molecule has 0 bridgehead atoms. The van der Waals surface area contributed by atoms with Crippen molar-refractivity contribution in [2.24, 2.45) is 11.8 Å². The SMILES string of the molecule is CC(C)CCCC(C)NC(=O)NN. The van der Waals surface area contributed by atoms with Gasteiger partial charge in [-0.05, 0) is 19.3 Å². The summed E-state index contributed by atoms with van der Waals surface area (Å²) in [4.78, 5) is 10.8. The van der Waals surface area contributed by atoms with Crippen molar-refractivity contribution in [2.75, 3.05) is 0 Å². The third-order valence-corrected chi connectivity index (χ3v) is 1.93. The van der Waals surface area contributed by atoms with Crippen molar-refractivity contribution in [1.29, 1.82) is 0 Å². The molecule has 0 fully saturated rings. The highest BCUT2D eigenvalue weighted by atomic mass is 16.2. The van der Waals surface area contributed by atoms with Crippen LogP contribution in [-0.2, 0) is 0 Å². The summed E-state index contributed by atoms with van der Waals surface area (Å²) in [5.74, 6) is 5.67. The van der Waals surface area contributed by atoms with E-state index in [2.05, 4.69) is 19.2 Å². The van der Waals surface area contributed by atoms with E-state index in [0.717, 1.165) is 18.8 Å². The van der Waals surface area contributed by atoms with Crippen molar-refractivity contribution in [1.82, 2.24) is 10.7 Å². The van der Waals surface area contributed by atoms with Gasteiger partial charge >= 0.3 is 6.03 Å². The fourth-order valence-corrected chi connectivity index (χ4v) is 1.17. The lowest BCUT2D eigenvalue weighted by molar-refractivity contribution is 0.237. The minimum Gasteiger partial charge on any atom is -0.335 e. The van der Waals surface area contributed by atoms with Crippen LogP contribution >= 0.6 is 0 Å². The zero-order chi connectivity index (χ0) is 10.3. The number of rotatable bonds is 5. The number of hydrogen-bond acceptors (Lipinski definition) is 2. The van der Waals surface area contributed by atoms with Crippen LogP contribution in [-0.4, -0.2) is 12.1 Å². The van der Waals surface area contributed by atoms with E-state index in [-0.39, 0.29) is 12.1 Å². The molecule has 0 heterocycles. The maximum Gasteiger partial charge on any atom is 0.329 e. The first-order valence-corrected chi connectivity index (χ1v) is 4.83. The van der Waals surface area contributed by atoms with E-state index >= 15 is 0 Å². The second kappa shape index (κ2) is 6.71. The first-order valence-electron chi connectivity index (χ1n) is 4.83. The molecule has 2 amide bonds. The van der Waals surface area contributed by atoms with E-state index in [1.54, 1.807) is 0 Å². The highest BCUT2D eigenvalue weighted by Gasteiger charge is 2.05. The lowest BCUT2D eigenvalue weighted by atomic mass is 10.0. The fraction of sp³-hybridized carbons (Fsp3) is 0.889. The van der Waals surface area contributed by atoms with Gasteiger partial charge in [0.15, 0.2) is 0 Å². The summed E-state index contributed by atoms with van der Waals surface area (Å²) in [5, 5.41) is 2.73. The normalized spacial score (nSPS) is 12.7. The standard InChI is InChI=1S/C9H21N3O/c1-7(2)5-4-6-8(3)11-9(13)12-10/h7-8H,4-6,10H2,1-3H3,(H2,11,12,13). The van der Waals surface area contributed by atoms with E-state index in [4.69, 9.17) is 5.84 Å². The summed E-state index contributed by atoms with van der Waals surface area (Å²) in [6.07, 6.45) is 3.35. The smallest absolute Gasteiger partial charge is 0.329 e. The average molecular weight is 187 g/mol. The molecule has 4 heteroatoms. The maximum atomic E-state index is 10.8. The van der Waals surface area contributed by atoms with E-state index < -0.39 is 0 Å². The quantitative estimate of drug-likeness (QED) is 0.346. The topological polar surface area (TPSA) is 67.2 Å². The molecule has 0 saturated carbocycles. The Bertz CT molecular complexity index is 148. The number of hydrazine groups is 1. The summed E-state index contributed by atoms with van der Waals surface area (Å²) in [6, 6.07) is -0.112. The van der Waals surface area contributed by atoms with Gasteiger partial charge in [0.2, 0.25) is 0 Å². The van der Waals surface area contributed by atoms with Crippen LogP contribution in [0.3, 0.4) is 0 Å². The molecule has 0 saturated heterocycles. The number of amides is 2. The van der Waals surface area contributed by atoms with Crippen LogP contribution in [0, 0.1) is 5.92 Å². The van der Waals surface area contributed by atoms with Crippen LogP contribution in [0.2, 0.25) is 0 Å². The zero-order valence-corrected chi connectivity index (χ0v) is 8.76. The molecule has 0 aromatic carbocycles. The number of hydrogen-bond donors (Lipinski definition) is 3. The molecule has 4 N–H and O–H groups in total. The molecule has 0 spiro atoms. The fourth-order valence-electron chi connectivity index (χ4n) is 1.17. The number of nitrogens with two attached hydrogens (primary N) is 1. The number of carbonyl (C=O) groups excluding carboxylic acids is 1. The Hall–Kier alpha value is -0.770. The molecule has 1 unspecified atom stereocenters. The lowest BCUT2D eigenvalue weighted by Crippen LogP contribution is -2.43. The van der Waals surface area contributed by atoms with Gasteiger partial charge in [-0.1, -0.05) is 26.7 Å². The van der Waals surface area contributed by atoms with Crippen molar-refractivity contribution in [3.63, 3.8) is 0 Å². The Morgan fingerprint density at radius 1 is 1.31 bits per heavy atom. The van der Waals surface area contributed by atoms with E-state index in [1.807, 2.05) is 12.3 Å². The molecule has 0 rings (SSSR count). The van der Waals surface area contributed by atoms with Gasteiger partial charge in [-0.15, -0.1) is 0 Å².